The average Bonchev–Trinajstić information content (AvgIpc) is 3.24. The van der Waals surface area contributed by atoms with Gasteiger partial charge < -0.3 is 24.5 Å². The van der Waals surface area contributed by atoms with Gasteiger partial charge in [0.15, 0.2) is 0 Å². The minimum absolute atomic E-state index is 0.0489. The molecule has 1 amide bonds. The molecule has 3 rings (SSSR count). The molecule has 8 heteroatoms. The number of alkyl carbamates (subject to hydrolysis) is 1. The van der Waals surface area contributed by atoms with Gasteiger partial charge in [0.05, 0.1) is 17.8 Å². The fourth-order valence-electron chi connectivity index (χ4n) is 2.95. The molecule has 0 atom stereocenters. The molecule has 1 aliphatic heterocycles. The van der Waals surface area contributed by atoms with Crippen molar-refractivity contribution in [2.45, 2.75) is 52.1 Å². The predicted molar refractivity (Wildman–Crippen MR) is 119 cm³/mol. The van der Waals surface area contributed by atoms with Crippen LogP contribution in [-0.2, 0) is 27.3 Å². The molecule has 1 fully saturated rings. The zero-order valence-corrected chi connectivity index (χ0v) is 18.6. The van der Waals surface area contributed by atoms with Crippen LogP contribution in [0.25, 0.3) is 6.08 Å². The summed E-state index contributed by atoms with van der Waals surface area (Å²) in [4.78, 5) is 13.1. The Labute approximate surface area is 182 Å². The number of aliphatic hydroxyl groups is 1. The van der Waals surface area contributed by atoms with Crippen LogP contribution in [0.4, 0.5) is 4.79 Å². The third kappa shape index (κ3) is 5.32. The topological polar surface area (TPSA) is 77.0 Å². The van der Waals surface area contributed by atoms with Crippen LogP contribution in [0, 0.1) is 0 Å². The summed E-state index contributed by atoms with van der Waals surface area (Å²) < 4.78 is 17.6. The van der Waals surface area contributed by atoms with E-state index in [4.69, 9.17) is 14.0 Å². The van der Waals surface area contributed by atoms with Gasteiger partial charge in [0, 0.05) is 11.4 Å². The van der Waals surface area contributed by atoms with E-state index in [2.05, 4.69) is 5.32 Å². The Morgan fingerprint density at radius 2 is 1.83 bits per heavy atom. The highest BCUT2D eigenvalue weighted by atomic mass is 32.1. The summed E-state index contributed by atoms with van der Waals surface area (Å²) in [6, 6.07) is 11.4. The van der Waals surface area contributed by atoms with Gasteiger partial charge in [-0.2, -0.15) is 0 Å². The highest BCUT2D eigenvalue weighted by Gasteiger charge is 2.52. The van der Waals surface area contributed by atoms with E-state index in [1.807, 2.05) is 75.5 Å². The van der Waals surface area contributed by atoms with Crippen LogP contribution in [0.3, 0.4) is 0 Å². The van der Waals surface area contributed by atoms with Crippen LogP contribution in [0.2, 0.25) is 0 Å². The molecule has 0 radical (unpaired) electrons. The second kappa shape index (κ2) is 9.35. The molecule has 6 nitrogen and oxygen atoms in total. The Hall–Kier alpha value is -2.13. The number of nitrogens with one attached hydrogen (secondary N) is 1. The van der Waals surface area contributed by atoms with E-state index in [1.165, 1.54) is 11.3 Å². The lowest BCUT2D eigenvalue weighted by atomic mass is 9.77. The van der Waals surface area contributed by atoms with Gasteiger partial charge >= 0.3 is 13.2 Å². The number of carbonyl (C=O) groups excluding carboxylic acids is 1. The van der Waals surface area contributed by atoms with Crippen molar-refractivity contribution in [2.24, 2.45) is 0 Å². The summed E-state index contributed by atoms with van der Waals surface area (Å²) in [5, 5.41) is 14.3. The lowest BCUT2D eigenvalue weighted by Gasteiger charge is -2.32. The number of aliphatic hydroxyl groups excluding tert-OH is 1. The van der Waals surface area contributed by atoms with Gasteiger partial charge in [-0.3, -0.25) is 0 Å². The zero-order chi connectivity index (χ0) is 21.8. The largest absolute Gasteiger partial charge is 0.492 e. The first-order valence-corrected chi connectivity index (χ1v) is 10.8. The van der Waals surface area contributed by atoms with Gasteiger partial charge in [-0.1, -0.05) is 36.4 Å². The first kappa shape index (κ1) is 22.6. The lowest BCUT2D eigenvalue weighted by molar-refractivity contribution is 0.00578. The van der Waals surface area contributed by atoms with Crippen molar-refractivity contribution in [1.82, 2.24) is 5.32 Å². The molecule has 1 saturated heterocycles. The second-order valence-electron chi connectivity index (χ2n) is 8.18. The molecule has 0 spiro atoms. The Bertz CT molecular complexity index is 878. The Kier molecular flexibility index (Phi) is 7.03. The van der Waals surface area contributed by atoms with Crippen LogP contribution in [-0.4, -0.2) is 36.1 Å². The Balaban J connectivity index is 1.71. The highest BCUT2D eigenvalue weighted by Crippen LogP contribution is 2.39. The van der Waals surface area contributed by atoms with Gasteiger partial charge in [0.2, 0.25) is 0 Å². The molecule has 0 bridgehead atoms. The molecule has 0 unspecified atom stereocenters. The minimum atomic E-state index is -0.615. The van der Waals surface area contributed by atoms with Crippen LogP contribution in [0.1, 0.15) is 43.7 Å². The normalized spacial score (nSPS) is 17.8. The van der Waals surface area contributed by atoms with Gasteiger partial charge in [0.25, 0.3) is 0 Å². The number of thiophene rings is 1. The summed E-state index contributed by atoms with van der Waals surface area (Å²) in [5.41, 5.74) is 1.54. The van der Waals surface area contributed by atoms with E-state index >= 15 is 0 Å². The van der Waals surface area contributed by atoms with Crippen LogP contribution in [0.15, 0.2) is 47.3 Å². The zero-order valence-electron chi connectivity index (χ0n) is 17.8. The SMILES string of the molecule is CC1(C)OB(C(=Cc2ccsc2CO)CNC(=O)OCc2ccccc2)OC1(C)C. The van der Waals surface area contributed by atoms with Crippen LogP contribution < -0.4 is 5.32 Å². The summed E-state index contributed by atoms with van der Waals surface area (Å²) in [7, 11) is -0.615. The number of hydrogen-bond acceptors (Lipinski definition) is 6. The summed E-state index contributed by atoms with van der Waals surface area (Å²) in [6.45, 7) is 8.27. The predicted octanol–water partition coefficient (Wildman–Crippen LogP) is 4.18. The highest BCUT2D eigenvalue weighted by molar-refractivity contribution is 7.10. The van der Waals surface area contributed by atoms with Crippen molar-refractivity contribution < 1.29 is 23.9 Å². The molecular weight excluding hydrogens is 401 g/mol. The van der Waals surface area contributed by atoms with E-state index in [9.17, 15) is 9.90 Å². The number of benzene rings is 1. The third-order valence-electron chi connectivity index (χ3n) is 5.47. The van der Waals surface area contributed by atoms with Crippen LogP contribution >= 0.6 is 11.3 Å². The standard InChI is InChI=1S/C22H28BNO5S/c1-21(2)22(3,4)29-23(28-21)18(12-17-10-11-30-19(17)14-25)13-24-20(26)27-15-16-8-6-5-7-9-16/h5-12,25H,13-15H2,1-4H3,(H,24,26). The van der Waals surface area contributed by atoms with E-state index in [-0.39, 0.29) is 19.8 Å². The molecule has 1 aliphatic rings. The monoisotopic (exact) mass is 429 g/mol. The first-order valence-electron chi connectivity index (χ1n) is 9.90. The lowest BCUT2D eigenvalue weighted by Crippen LogP contribution is -2.41. The van der Waals surface area contributed by atoms with Gasteiger partial charge in [-0.25, -0.2) is 4.79 Å². The molecule has 2 heterocycles. The maximum absolute atomic E-state index is 12.2. The number of carbonyl (C=O) groups is 1. The maximum atomic E-state index is 12.2. The van der Waals surface area contributed by atoms with Crippen molar-refractivity contribution in [2.75, 3.05) is 6.54 Å². The van der Waals surface area contributed by atoms with Gasteiger partial charge in [-0.15, -0.1) is 11.3 Å². The minimum Gasteiger partial charge on any atom is -0.445 e. The fourth-order valence-corrected chi connectivity index (χ4v) is 3.67. The number of ether oxygens (including phenoxy) is 1. The van der Waals surface area contributed by atoms with E-state index in [0.717, 1.165) is 21.5 Å². The van der Waals surface area contributed by atoms with Crippen molar-refractivity contribution in [3.05, 3.63) is 63.3 Å². The van der Waals surface area contributed by atoms with E-state index < -0.39 is 24.4 Å². The van der Waals surface area contributed by atoms with Crippen molar-refractivity contribution in [1.29, 1.82) is 0 Å². The molecule has 2 N–H and O–H groups in total. The number of amides is 1. The number of hydrogen-bond donors (Lipinski definition) is 2. The average molecular weight is 429 g/mol. The molecule has 0 saturated carbocycles. The smallest absolute Gasteiger partial charge is 0.445 e. The summed E-state index contributed by atoms with van der Waals surface area (Å²) >= 11 is 1.48. The second-order valence-corrected chi connectivity index (χ2v) is 9.18. The molecule has 2 aromatic rings. The molecule has 160 valence electrons. The van der Waals surface area contributed by atoms with Gasteiger partial charge in [0.1, 0.15) is 6.61 Å². The fraction of sp³-hybridized carbons (Fsp3) is 0.409. The molecule has 1 aromatic carbocycles. The summed E-state index contributed by atoms with van der Waals surface area (Å²) in [6.07, 6.45) is 1.38. The van der Waals surface area contributed by atoms with Gasteiger partial charge in [-0.05, 0) is 55.7 Å². The molecule has 30 heavy (non-hydrogen) atoms. The molecule has 0 aliphatic carbocycles. The van der Waals surface area contributed by atoms with Crippen molar-refractivity contribution in [3.8, 4) is 0 Å². The third-order valence-corrected chi connectivity index (χ3v) is 6.39. The van der Waals surface area contributed by atoms with Crippen molar-refractivity contribution in [3.63, 3.8) is 0 Å². The number of rotatable bonds is 7. The maximum Gasteiger partial charge on any atom is 0.492 e. The molecular formula is C22H28BNO5S. The van der Waals surface area contributed by atoms with Crippen molar-refractivity contribution >= 4 is 30.6 Å². The van der Waals surface area contributed by atoms with E-state index in [1.54, 1.807) is 0 Å². The Morgan fingerprint density at radius 3 is 2.47 bits per heavy atom. The quantitative estimate of drug-likeness (QED) is 0.646. The van der Waals surface area contributed by atoms with E-state index in [0.29, 0.717) is 0 Å². The summed E-state index contributed by atoms with van der Waals surface area (Å²) in [5.74, 6) is 0. The van der Waals surface area contributed by atoms with Crippen LogP contribution in [0.5, 0.6) is 0 Å². The first-order chi connectivity index (χ1) is 14.2. The molecule has 1 aromatic heterocycles. The Morgan fingerprint density at radius 1 is 1.17 bits per heavy atom.